The summed E-state index contributed by atoms with van der Waals surface area (Å²) in [4.78, 5) is 13.3. The number of esters is 1. The standard InChI is InChI=1S/C15H22BrNO4/c1-19-10-8-17(7-6-15(18)20-2)9-11-21-14-5-3-4-13(16)12-14/h3-5,12H,6-11H2,1-2H3. The molecule has 0 radical (unpaired) electrons. The summed E-state index contributed by atoms with van der Waals surface area (Å²) >= 11 is 3.41. The van der Waals surface area contributed by atoms with Gasteiger partial charge in [-0.1, -0.05) is 22.0 Å². The van der Waals surface area contributed by atoms with Crippen molar-refractivity contribution in [3.63, 3.8) is 0 Å². The second-order valence-electron chi connectivity index (χ2n) is 4.47. The minimum atomic E-state index is -0.203. The summed E-state index contributed by atoms with van der Waals surface area (Å²) < 4.78 is 16.4. The van der Waals surface area contributed by atoms with Gasteiger partial charge in [0.2, 0.25) is 0 Å². The highest BCUT2D eigenvalue weighted by atomic mass is 79.9. The average Bonchev–Trinajstić information content (AvgIpc) is 2.49. The third kappa shape index (κ3) is 8.04. The zero-order valence-corrected chi connectivity index (χ0v) is 14.1. The highest BCUT2D eigenvalue weighted by Crippen LogP contribution is 2.17. The highest BCUT2D eigenvalue weighted by molar-refractivity contribution is 9.10. The highest BCUT2D eigenvalue weighted by Gasteiger charge is 2.08. The molecule has 0 heterocycles. The first-order valence-electron chi connectivity index (χ1n) is 6.82. The number of hydrogen-bond acceptors (Lipinski definition) is 5. The van der Waals surface area contributed by atoms with Crippen LogP contribution in [0.3, 0.4) is 0 Å². The van der Waals surface area contributed by atoms with E-state index in [0.717, 1.165) is 23.3 Å². The van der Waals surface area contributed by atoms with Gasteiger partial charge < -0.3 is 14.2 Å². The normalized spacial score (nSPS) is 10.7. The first kappa shape index (κ1) is 17.9. The number of halogens is 1. The lowest BCUT2D eigenvalue weighted by Gasteiger charge is -2.21. The molecule has 0 atom stereocenters. The van der Waals surface area contributed by atoms with E-state index in [1.54, 1.807) is 7.11 Å². The van der Waals surface area contributed by atoms with Crippen LogP contribution in [0.15, 0.2) is 28.7 Å². The van der Waals surface area contributed by atoms with Crippen molar-refractivity contribution in [1.82, 2.24) is 4.90 Å². The van der Waals surface area contributed by atoms with Crippen LogP contribution in [0.4, 0.5) is 0 Å². The van der Waals surface area contributed by atoms with Gasteiger partial charge in [-0.3, -0.25) is 9.69 Å². The largest absolute Gasteiger partial charge is 0.492 e. The fraction of sp³-hybridized carbons (Fsp3) is 0.533. The van der Waals surface area contributed by atoms with Crippen LogP contribution < -0.4 is 4.74 Å². The number of rotatable bonds is 10. The Balaban J connectivity index is 2.35. The Hall–Kier alpha value is -1.11. The van der Waals surface area contributed by atoms with Crippen LogP contribution in [0.5, 0.6) is 5.75 Å². The summed E-state index contributed by atoms with van der Waals surface area (Å²) in [6.07, 6.45) is 0.372. The number of methoxy groups -OCH3 is 2. The maximum Gasteiger partial charge on any atom is 0.306 e. The number of hydrogen-bond donors (Lipinski definition) is 0. The molecule has 0 saturated heterocycles. The molecule has 0 aromatic heterocycles. The average molecular weight is 360 g/mol. The maximum absolute atomic E-state index is 11.2. The molecule has 0 N–H and O–H groups in total. The van der Waals surface area contributed by atoms with Crippen molar-refractivity contribution in [3.8, 4) is 5.75 Å². The Morgan fingerprint density at radius 1 is 1.19 bits per heavy atom. The van der Waals surface area contributed by atoms with Crippen LogP contribution in [0.1, 0.15) is 6.42 Å². The Kier molecular flexibility index (Phi) is 9.05. The zero-order valence-electron chi connectivity index (χ0n) is 12.5. The van der Waals surface area contributed by atoms with Gasteiger partial charge in [0.05, 0.1) is 20.1 Å². The van der Waals surface area contributed by atoms with Gasteiger partial charge in [0.25, 0.3) is 0 Å². The van der Waals surface area contributed by atoms with Gasteiger partial charge in [-0.05, 0) is 18.2 Å². The molecular weight excluding hydrogens is 338 g/mol. The predicted octanol–water partition coefficient (Wildman–Crippen LogP) is 2.34. The number of nitrogens with zero attached hydrogens (tertiary/aromatic N) is 1. The van der Waals surface area contributed by atoms with E-state index in [2.05, 4.69) is 25.6 Å². The van der Waals surface area contributed by atoms with Crippen molar-refractivity contribution in [2.75, 3.05) is 47.1 Å². The molecular formula is C15H22BrNO4. The number of ether oxygens (including phenoxy) is 3. The van der Waals surface area contributed by atoms with Gasteiger partial charge >= 0.3 is 5.97 Å². The van der Waals surface area contributed by atoms with Gasteiger partial charge in [-0.2, -0.15) is 0 Å². The molecule has 0 fully saturated rings. The van der Waals surface area contributed by atoms with E-state index in [-0.39, 0.29) is 5.97 Å². The predicted molar refractivity (Wildman–Crippen MR) is 84.6 cm³/mol. The van der Waals surface area contributed by atoms with Crippen LogP contribution >= 0.6 is 15.9 Å². The number of benzene rings is 1. The first-order chi connectivity index (χ1) is 10.2. The van der Waals surface area contributed by atoms with Crippen molar-refractivity contribution in [2.45, 2.75) is 6.42 Å². The van der Waals surface area contributed by atoms with Gasteiger partial charge in [0.1, 0.15) is 12.4 Å². The van der Waals surface area contributed by atoms with Crippen LogP contribution in [-0.2, 0) is 14.3 Å². The lowest BCUT2D eigenvalue weighted by Crippen LogP contribution is -2.33. The van der Waals surface area contributed by atoms with Crippen molar-refractivity contribution < 1.29 is 19.0 Å². The van der Waals surface area contributed by atoms with E-state index in [0.29, 0.717) is 26.2 Å². The topological polar surface area (TPSA) is 48.0 Å². The quantitative estimate of drug-likeness (QED) is 0.600. The summed E-state index contributed by atoms with van der Waals surface area (Å²) in [5.74, 6) is 0.620. The van der Waals surface area contributed by atoms with Gasteiger partial charge in [0.15, 0.2) is 0 Å². The van der Waals surface area contributed by atoms with Gasteiger partial charge in [-0.15, -0.1) is 0 Å². The van der Waals surface area contributed by atoms with E-state index >= 15 is 0 Å². The summed E-state index contributed by atoms with van der Waals surface area (Å²) in [6, 6.07) is 7.72. The molecule has 0 aliphatic heterocycles. The lowest BCUT2D eigenvalue weighted by atomic mass is 10.3. The molecule has 1 rings (SSSR count). The molecule has 0 aliphatic carbocycles. The van der Waals surface area contributed by atoms with Crippen LogP contribution in [0, 0.1) is 0 Å². The maximum atomic E-state index is 11.2. The van der Waals surface area contributed by atoms with Crippen LogP contribution in [-0.4, -0.2) is 57.9 Å². The summed E-state index contributed by atoms with van der Waals surface area (Å²) in [5.41, 5.74) is 0. The second-order valence-corrected chi connectivity index (χ2v) is 5.38. The molecule has 0 bridgehead atoms. The molecule has 5 nitrogen and oxygen atoms in total. The molecule has 0 saturated carbocycles. The van der Waals surface area contributed by atoms with Crippen molar-refractivity contribution in [2.24, 2.45) is 0 Å². The van der Waals surface area contributed by atoms with E-state index in [9.17, 15) is 4.79 Å². The van der Waals surface area contributed by atoms with E-state index < -0.39 is 0 Å². The van der Waals surface area contributed by atoms with Crippen LogP contribution in [0.2, 0.25) is 0 Å². The van der Waals surface area contributed by atoms with E-state index in [4.69, 9.17) is 9.47 Å². The van der Waals surface area contributed by atoms with Crippen molar-refractivity contribution >= 4 is 21.9 Å². The molecule has 1 aromatic carbocycles. The first-order valence-corrected chi connectivity index (χ1v) is 7.61. The third-order valence-electron chi connectivity index (χ3n) is 2.94. The summed E-state index contributed by atoms with van der Waals surface area (Å²) in [5, 5.41) is 0. The molecule has 118 valence electrons. The van der Waals surface area contributed by atoms with Crippen molar-refractivity contribution in [1.29, 1.82) is 0 Å². The second kappa shape index (κ2) is 10.6. The fourth-order valence-electron chi connectivity index (χ4n) is 1.76. The Bertz CT molecular complexity index is 428. The molecule has 0 unspecified atom stereocenters. The van der Waals surface area contributed by atoms with Crippen LogP contribution in [0.25, 0.3) is 0 Å². The molecule has 0 aliphatic rings. The monoisotopic (exact) mass is 359 g/mol. The SMILES string of the molecule is COCCN(CCOc1cccc(Br)c1)CCC(=O)OC. The smallest absolute Gasteiger partial charge is 0.306 e. The lowest BCUT2D eigenvalue weighted by molar-refractivity contribution is -0.141. The van der Waals surface area contributed by atoms with E-state index in [1.807, 2.05) is 24.3 Å². The molecule has 0 spiro atoms. The van der Waals surface area contributed by atoms with Crippen molar-refractivity contribution in [3.05, 3.63) is 28.7 Å². The third-order valence-corrected chi connectivity index (χ3v) is 3.44. The molecule has 21 heavy (non-hydrogen) atoms. The van der Waals surface area contributed by atoms with Gasteiger partial charge in [0, 0.05) is 31.2 Å². The minimum absolute atomic E-state index is 0.203. The molecule has 0 amide bonds. The summed E-state index contributed by atoms with van der Waals surface area (Å²) in [7, 11) is 3.06. The Morgan fingerprint density at radius 3 is 2.62 bits per heavy atom. The molecule has 1 aromatic rings. The zero-order chi connectivity index (χ0) is 15.5. The molecule has 6 heteroatoms. The summed E-state index contributed by atoms with van der Waals surface area (Å²) in [6.45, 7) is 3.31. The van der Waals surface area contributed by atoms with E-state index in [1.165, 1.54) is 7.11 Å². The number of carbonyl (C=O) groups is 1. The number of carbonyl (C=O) groups excluding carboxylic acids is 1. The fourth-order valence-corrected chi connectivity index (χ4v) is 2.13. The van der Waals surface area contributed by atoms with Gasteiger partial charge in [-0.25, -0.2) is 0 Å². The minimum Gasteiger partial charge on any atom is -0.492 e. The Labute approximate surface area is 134 Å². The Morgan fingerprint density at radius 2 is 1.95 bits per heavy atom.